The van der Waals surface area contributed by atoms with E-state index in [0.717, 1.165) is 27.6 Å². The van der Waals surface area contributed by atoms with Crippen molar-refractivity contribution < 1.29 is 0 Å². The molecule has 2 N–H and O–H groups in total. The van der Waals surface area contributed by atoms with Crippen LogP contribution < -0.4 is 5.56 Å². The average molecular weight is 360 g/mol. The zero-order valence-corrected chi connectivity index (χ0v) is 14.9. The number of benzene rings is 2. The fourth-order valence-corrected chi connectivity index (χ4v) is 3.46. The number of nitrogens with zero attached hydrogens (tertiary/aromatic N) is 1. The molecule has 0 atom stereocenters. The van der Waals surface area contributed by atoms with Crippen LogP contribution in [-0.2, 0) is 5.41 Å². The van der Waals surface area contributed by atoms with Crippen LogP contribution in [0.15, 0.2) is 29.2 Å². The zero-order valence-electron chi connectivity index (χ0n) is 13.4. The second kappa shape index (κ2) is 4.98. The molecule has 0 unspecified atom stereocenters. The third kappa shape index (κ3) is 2.06. The van der Waals surface area contributed by atoms with Crippen LogP contribution in [-0.4, -0.2) is 15.0 Å². The molecule has 0 bridgehead atoms. The standard InChI is InChI=1S/C18H15Cl2N3O/c1-18(2,3)17-22-14-8-4-5-10(19)13(20)11(8)12-9(15(14)23-17)6-7-21-16(12)24/h4-7H,1-3H3,(H,21,24)(H,22,23). The van der Waals surface area contributed by atoms with Gasteiger partial charge in [-0.15, -0.1) is 0 Å². The first kappa shape index (κ1) is 15.5. The maximum Gasteiger partial charge on any atom is 0.256 e. The van der Waals surface area contributed by atoms with Gasteiger partial charge in [0, 0.05) is 27.8 Å². The van der Waals surface area contributed by atoms with Crippen molar-refractivity contribution in [1.82, 2.24) is 15.0 Å². The predicted molar refractivity (Wildman–Crippen MR) is 100 cm³/mol. The predicted octanol–water partition coefficient (Wildman–Crippen LogP) is 5.16. The summed E-state index contributed by atoms with van der Waals surface area (Å²) in [6.07, 6.45) is 1.63. The van der Waals surface area contributed by atoms with Gasteiger partial charge in [0.05, 0.1) is 26.5 Å². The van der Waals surface area contributed by atoms with Crippen molar-refractivity contribution in [2.24, 2.45) is 0 Å². The Morgan fingerprint density at radius 1 is 1.04 bits per heavy atom. The van der Waals surface area contributed by atoms with E-state index in [1.807, 2.05) is 12.1 Å². The minimum Gasteiger partial charge on any atom is -0.341 e. The summed E-state index contributed by atoms with van der Waals surface area (Å²) in [6, 6.07) is 5.46. The first-order chi connectivity index (χ1) is 11.3. The van der Waals surface area contributed by atoms with Gasteiger partial charge >= 0.3 is 0 Å². The Morgan fingerprint density at radius 3 is 2.50 bits per heavy atom. The van der Waals surface area contributed by atoms with Crippen molar-refractivity contribution in [3.05, 3.63) is 50.6 Å². The number of hydrogen-bond donors (Lipinski definition) is 2. The lowest BCUT2D eigenvalue weighted by atomic mass is 9.96. The number of imidazole rings is 1. The van der Waals surface area contributed by atoms with Gasteiger partial charge in [0.15, 0.2) is 0 Å². The summed E-state index contributed by atoms with van der Waals surface area (Å²) in [7, 11) is 0. The third-order valence-electron chi connectivity index (χ3n) is 4.24. The topological polar surface area (TPSA) is 61.5 Å². The van der Waals surface area contributed by atoms with E-state index >= 15 is 0 Å². The lowest BCUT2D eigenvalue weighted by Crippen LogP contribution is -2.12. The lowest BCUT2D eigenvalue weighted by Gasteiger charge is -2.13. The smallest absolute Gasteiger partial charge is 0.256 e. The van der Waals surface area contributed by atoms with E-state index < -0.39 is 0 Å². The number of hydrogen-bond acceptors (Lipinski definition) is 2. The maximum atomic E-state index is 12.5. The van der Waals surface area contributed by atoms with E-state index in [4.69, 9.17) is 28.2 Å². The molecule has 2 aromatic heterocycles. The van der Waals surface area contributed by atoms with E-state index in [0.29, 0.717) is 20.8 Å². The number of H-pyrrole nitrogens is 2. The summed E-state index contributed by atoms with van der Waals surface area (Å²) in [5, 5.41) is 3.55. The number of nitrogens with one attached hydrogen (secondary N) is 2. The number of aromatic nitrogens is 3. The van der Waals surface area contributed by atoms with Crippen molar-refractivity contribution in [2.75, 3.05) is 0 Å². The molecule has 2 heterocycles. The summed E-state index contributed by atoms with van der Waals surface area (Å²) >= 11 is 12.6. The molecule has 2 aromatic carbocycles. The van der Waals surface area contributed by atoms with Gasteiger partial charge in [-0.3, -0.25) is 4.79 Å². The minimum absolute atomic E-state index is 0.144. The molecule has 0 spiro atoms. The van der Waals surface area contributed by atoms with Gasteiger partial charge in [-0.25, -0.2) is 4.98 Å². The van der Waals surface area contributed by atoms with E-state index in [-0.39, 0.29) is 11.0 Å². The van der Waals surface area contributed by atoms with Gasteiger partial charge < -0.3 is 9.97 Å². The van der Waals surface area contributed by atoms with Crippen LogP contribution >= 0.6 is 23.2 Å². The molecule has 122 valence electrons. The summed E-state index contributed by atoms with van der Waals surface area (Å²) in [6.45, 7) is 6.27. The van der Waals surface area contributed by atoms with E-state index in [1.54, 1.807) is 12.3 Å². The molecule has 6 heteroatoms. The third-order valence-corrected chi connectivity index (χ3v) is 5.05. The van der Waals surface area contributed by atoms with Crippen LogP contribution in [0.1, 0.15) is 26.6 Å². The van der Waals surface area contributed by atoms with Gasteiger partial charge in [0.1, 0.15) is 5.82 Å². The molecule has 4 nitrogen and oxygen atoms in total. The van der Waals surface area contributed by atoms with Crippen molar-refractivity contribution in [3.8, 4) is 0 Å². The number of fused-ring (bicyclic) bond motifs is 6. The molecular formula is C18H15Cl2N3O. The highest BCUT2D eigenvalue weighted by Crippen LogP contribution is 2.39. The van der Waals surface area contributed by atoms with Gasteiger partial charge in [0.25, 0.3) is 5.56 Å². The molecule has 0 aliphatic carbocycles. The van der Waals surface area contributed by atoms with Crippen molar-refractivity contribution in [1.29, 1.82) is 0 Å². The largest absolute Gasteiger partial charge is 0.341 e. The van der Waals surface area contributed by atoms with Crippen LogP contribution in [0.5, 0.6) is 0 Å². The Balaban J connectivity index is 2.38. The monoisotopic (exact) mass is 359 g/mol. The van der Waals surface area contributed by atoms with Crippen molar-refractivity contribution >= 4 is 55.8 Å². The summed E-state index contributed by atoms with van der Waals surface area (Å²) < 4.78 is 0. The minimum atomic E-state index is -0.199. The Labute approximate surface area is 147 Å². The number of rotatable bonds is 0. The molecule has 0 saturated carbocycles. The highest BCUT2D eigenvalue weighted by molar-refractivity contribution is 6.47. The highest BCUT2D eigenvalue weighted by Gasteiger charge is 2.22. The lowest BCUT2D eigenvalue weighted by molar-refractivity contribution is 0.554. The molecule has 0 saturated heterocycles. The number of pyridine rings is 1. The summed E-state index contributed by atoms with van der Waals surface area (Å²) in [4.78, 5) is 23.4. The zero-order chi connectivity index (χ0) is 17.2. The van der Waals surface area contributed by atoms with Crippen LogP contribution in [0.3, 0.4) is 0 Å². The molecule has 4 aromatic rings. The van der Waals surface area contributed by atoms with Crippen LogP contribution in [0, 0.1) is 0 Å². The number of halogens is 2. The molecular weight excluding hydrogens is 345 g/mol. The van der Waals surface area contributed by atoms with E-state index in [1.165, 1.54) is 0 Å². The van der Waals surface area contributed by atoms with Gasteiger partial charge in [-0.2, -0.15) is 0 Å². The molecule has 24 heavy (non-hydrogen) atoms. The van der Waals surface area contributed by atoms with Crippen LogP contribution in [0.4, 0.5) is 0 Å². The molecule has 4 rings (SSSR count). The van der Waals surface area contributed by atoms with E-state index in [9.17, 15) is 4.79 Å². The second-order valence-corrected chi connectivity index (χ2v) is 7.72. The fourth-order valence-electron chi connectivity index (χ4n) is 3.05. The van der Waals surface area contributed by atoms with Gasteiger partial charge in [0.2, 0.25) is 0 Å². The Kier molecular flexibility index (Phi) is 3.21. The molecule has 0 aliphatic rings. The highest BCUT2D eigenvalue weighted by atomic mass is 35.5. The average Bonchev–Trinajstić information content (AvgIpc) is 2.96. The van der Waals surface area contributed by atoms with Crippen molar-refractivity contribution in [3.63, 3.8) is 0 Å². The Hall–Kier alpha value is -2.04. The second-order valence-electron chi connectivity index (χ2n) is 6.94. The quantitative estimate of drug-likeness (QED) is 0.426. The van der Waals surface area contributed by atoms with Crippen LogP contribution in [0.2, 0.25) is 10.0 Å². The van der Waals surface area contributed by atoms with Gasteiger partial charge in [-0.05, 0) is 12.1 Å². The Morgan fingerprint density at radius 2 is 1.79 bits per heavy atom. The summed E-state index contributed by atoms with van der Waals surface area (Å²) in [5.41, 5.74) is 1.30. The van der Waals surface area contributed by atoms with Crippen LogP contribution in [0.25, 0.3) is 32.6 Å². The molecule has 0 amide bonds. The Bertz CT molecular complexity index is 1180. The van der Waals surface area contributed by atoms with E-state index in [2.05, 4.69) is 30.7 Å². The molecule has 0 aliphatic heterocycles. The summed E-state index contributed by atoms with van der Waals surface area (Å²) in [5.74, 6) is 0.859. The maximum absolute atomic E-state index is 12.5. The molecule has 0 radical (unpaired) electrons. The molecule has 0 fully saturated rings. The first-order valence-electron chi connectivity index (χ1n) is 7.60. The normalized spacial score (nSPS) is 12.5. The van der Waals surface area contributed by atoms with Gasteiger partial charge in [-0.1, -0.05) is 50.0 Å². The first-order valence-corrected chi connectivity index (χ1v) is 8.36. The van der Waals surface area contributed by atoms with Crippen molar-refractivity contribution in [2.45, 2.75) is 26.2 Å². The number of aromatic amines is 2. The fraction of sp³-hybridized carbons (Fsp3) is 0.222. The SMILES string of the molecule is CC(C)(C)c1nc2c3ccc(Cl)c(Cl)c3c3c(=O)[nH]ccc3c2[nH]1.